The number of amides is 3. The average Bonchev–Trinajstić information content (AvgIpc) is 2.70. The summed E-state index contributed by atoms with van der Waals surface area (Å²) in [6, 6.07) is -3.85. The van der Waals surface area contributed by atoms with Gasteiger partial charge in [0, 0.05) is 5.75 Å². The zero-order valence-corrected chi connectivity index (χ0v) is 18.3. The standard InChI is InChI=1S/C18H36N6O5S/c1-11(22-16(26)12(21)6-2-4-8-19)15(25)24-14(10-30)17(27)23-13(18(28)29)7-3-5-9-20/h11-14,30H,2-10,19-21H2,1H3,(H,22,26)(H,23,27)(H,24,25)(H,28,29). The lowest BCUT2D eigenvalue weighted by Crippen LogP contribution is -2.56. The number of aliphatic carboxylic acids is 1. The second-order valence-electron chi connectivity index (χ2n) is 7.05. The van der Waals surface area contributed by atoms with Crippen molar-refractivity contribution >= 4 is 36.3 Å². The fraction of sp³-hybridized carbons (Fsp3) is 0.778. The summed E-state index contributed by atoms with van der Waals surface area (Å²) in [7, 11) is 0. The Hall–Kier alpha value is -1.89. The third-order valence-corrected chi connectivity index (χ3v) is 4.80. The molecule has 0 aromatic carbocycles. The Labute approximate surface area is 182 Å². The number of hydrogen-bond donors (Lipinski definition) is 8. The van der Waals surface area contributed by atoms with Crippen LogP contribution < -0.4 is 33.2 Å². The van der Waals surface area contributed by atoms with Gasteiger partial charge in [-0.1, -0.05) is 6.42 Å². The van der Waals surface area contributed by atoms with E-state index in [1.165, 1.54) is 6.92 Å². The molecule has 0 radical (unpaired) electrons. The van der Waals surface area contributed by atoms with E-state index in [0.29, 0.717) is 38.8 Å². The van der Waals surface area contributed by atoms with Crippen molar-refractivity contribution in [1.82, 2.24) is 16.0 Å². The first-order valence-electron chi connectivity index (χ1n) is 10.1. The Morgan fingerprint density at radius 3 is 1.87 bits per heavy atom. The Bertz CT molecular complexity index is 565. The number of carbonyl (C=O) groups is 4. The van der Waals surface area contributed by atoms with Gasteiger partial charge in [-0.2, -0.15) is 12.6 Å². The number of nitrogens with one attached hydrogen (secondary N) is 3. The lowest BCUT2D eigenvalue weighted by Gasteiger charge is -2.22. The first kappa shape index (κ1) is 28.1. The smallest absolute Gasteiger partial charge is 0.326 e. The van der Waals surface area contributed by atoms with E-state index in [1.54, 1.807) is 0 Å². The van der Waals surface area contributed by atoms with Gasteiger partial charge in [-0.15, -0.1) is 0 Å². The second-order valence-corrected chi connectivity index (χ2v) is 7.41. The topological polar surface area (TPSA) is 203 Å². The molecule has 0 saturated carbocycles. The molecule has 174 valence electrons. The molecule has 0 rings (SSSR count). The number of nitrogens with two attached hydrogens (primary N) is 3. The molecule has 3 amide bonds. The van der Waals surface area contributed by atoms with E-state index >= 15 is 0 Å². The lowest BCUT2D eigenvalue weighted by atomic mass is 10.1. The predicted octanol–water partition coefficient (Wildman–Crippen LogP) is -1.94. The molecule has 0 heterocycles. The van der Waals surface area contributed by atoms with Crippen LogP contribution in [0.1, 0.15) is 45.4 Å². The van der Waals surface area contributed by atoms with Gasteiger partial charge in [-0.3, -0.25) is 14.4 Å². The summed E-state index contributed by atoms with van der Waals surface area (Å²) in [6.45, 7) is 2.40. The van der Waals surface area contributed by atoms with Crippen LogP contribution in [0.15, 0.2) is 0 Å². The highest BCUT2D eigenvalue weighted by molar-refractivity contribution is 7.80. The SMILES string of the molecule is CC(NC(=O)C(N)CCCCN)C(=O)NC(CS)C(=O)NC(CCCCN)C(=O)O. The molecule has 0 saturated heterocycles. The van der Waals surface area contributed by atoms with Crippen molar-refractivity contribution in [3.63, 3.8) is 0 Å². The van der Waals surface area contributed by atoms with Gasteiger partial charge in [0.1, 0.15) is 18.1 Å². The number of hydrogen-bond acceptors (Lipinski definition) is 8. The monoisotopic (exact) mass is 448 g/mol. The minimum absolute atomic E-state index is 0.0496. The third kappa shape index (κ3) is 11.3. The second kappa shape index (κ2) is 15.9. The molecule has 0 bridgehead atoms. The minimum atomic E-state index is -1.17. The van der Waals surface area contributed by atoms with Gasteiger partial charge in [0.15, 0.2) is 0 Å². The fourth-order valence-electron chi connectivity index (χ4n) is 2.54. The summed E-state index contributed by atoms with van der Waals surface area (Å²) >= 11 is 4.05. The number of carboxylic acids is 1. The van der Waals surface area contributed by atoms with Crippen LogP contribution in [0.2, 0.25) is 0 Å². The number of carboxylic acid groups (broad SMARTS) is 1. The number of thiol groups is 1. The van der Waals surface area contributed by atoms with Crippen molar-refractivity contribution in [3.05, 3.63) is 0 Å². The molecule has 10 N–H and O–H groups in total. The van der Waals surface area contributed by atoms with Crippen LogP contribution in [0.3, 0.4) is 0 Å². The van der Waals surface area contributed by atoms with Crippen LogP contribution in [-0.4, -0.2) is 71.8 Å². The molecule has 0 aromatic rings. The summed E-state index contributed by atoms with van der Waals surface area (Å²) in [6.07, 6.45) is 3.29. The van der Waals surface area contributed by atoms with Crippen LogP contribution in [0.25, 0.3) is 0 Å². The Morgan fingerprint density at radius 1 is 0.833 bits per heavy atom. The molecule has 0 spiro atoms. The quantitative estimate of drug-likeness (QED) is 0.0983. The minimum Gasteiger partial charge on any atom is -0.480 e. The zero-order chi connectivity index (χ0) is 23.1. The van der Waals surface area contributed by atoms with Crippen LogP contribution >= 0.6 is 12.6 Å². The Balaban J connectivity index is 4.69. The maximum Gasteiger partial charge on any atom is 0.326 e. The van der Waals surface area contributed by atoms with Crippen LogP contribution in [0, 0.1) is 0 Å². The average molecular weight is 449 g/mol. The van der Waals surface area contributed by atoms with Crippen molar-refractivity contribution in [3.8, 4) is 0 Å². The predicted molar refractivity (Wildman–Crippen MR) is 117 cm³/mol. The van der Waals surface area contributed by atoms with Crippen LogP contribution in [-0.2, 0) is 19.2 Å². The molecule has 0 fully saturated rings. The van der Waals surface area contributed by atoms with Crippen molar-refractivity contribution < 1.29 is 24.3 Å². The van der Waals surface area contributed by atoms with E-state index in [4.69, 9.17) is 17.2 Å². The normalized spacial score (nSPS) is 14.8. The summed E-state index contributed by atoms with van der Waals surface area (Å²) in [5.74, 6) is -2.98. The third-order valence-electron chi connectivity index (χ3n) is 4.44. The van der Waals surface area contributed by atoms with Crippen LogP contribution in [0.4, 0.5) is 0 Å². The van der Waals surface area contributed by atoms with E-state index < -0.39 is 47.9 Å². The fourth-order valence-corrected chi connectivity index (χ4v) is 2.80. The molecule has 11 nitrogen and oxygen atoms in total. The summed E-state index contributed by atoms with van der Waals surface area (Å²) in [5, 5.41) is 16.6. The van der Waals surface area contributed by atoms with Crippen molar-refractivity contribution in [1.29, 1.82) is 0 Å². The summed E-state index contributed by atoms with van der Waals surface area (Å²) in [4.78, 5) is 48.1. The van der Waals surface area contributed by atoms with Gasteiger partial charge >= 0.3 is 5.97 Å². The number of carbonyl (C=O) groups excluding carboxylic acids is 3. The molecule has 0 aliphatic carbocycles. The molecule has 30 heavy (non-hydrogen) atoms. The Kier molecular flexibility index (Phi) is 14.9. The molecule has 0 aromatic heterocycles. The van der Waals surface area contributed by atoms with Crippen molar-refractivity contribution in [2.24, 2.45) is 17.2 Å². The van der Waals surface area contributed by atoms with Crippen LogP contribution in [0.5, 0.6) is 0 Å². The largest absolute Gasteiger partial charge is 0.480 e. The molecule has 0 aliphatic heterocycles. The molecule has 4 unspecified atom stereocenters. The van der Waals surface area contributed by atoms with Crippen molar-refractivity contribution in [2.75, 3.05) is 18.8 Å². The first-order valence-corrected chi connectivity index (χ1v) is 10.7. The van der Waals surface area contributed by atoms with E-state index in [2.05, 4.69) is 28.6 Å². The van der Waals surface area contributed by atoms with Gasteiger partial charge < -0.3 is 38.3 Å². The zero-order valence-electron chi connectivity index (χ0n) is 17.4. The highest BCUT2D eigenvalue weighted by Gasteiger charge is 2.27. The van der Waals surface area contributed by atoms with E-state index in [-0.39, 0.29) is 12.2 Å². The number of unbranched alkanes of at least 4 members (excludes halogenated alkanes) is 2. The van der Waals surface area contributed by atoms with Gasteiger partial charge in [0.2, 0.25) is 17.7 Å². The van der Waals surface area contributed by atoms with Gasteiger partial charge in [-0.25, -0.2) is 4.79 Å². The van der Waals surface area contributed by atoms with E-state index in [0.717, 1.165) is 6.42 Å². The molecule has 12 heteroatoms. The maximum atomic E-state index is 12.4. The summed E-state index contributed by atoms with van der Waals surface area (Å²) < 4.78 is 0. The lowest BCUT2D eigenvalue weighted by molar-refractivity contribution is -0.142. The van der Waals surface area contributed by atoms with E-state index in [1.807, 2.05) is 0 Å². The maximum absolute atomic E-state index is 12.4. The molecule has 0 aliphatic rings. The highest BCUT2D eigenvalue weighted by Crippen LogP contribution is 2.03. The Morgan fingerprint density at radius 2 is 1.37 bits per heavy atom. The highest BCUT2D eigenvalue weighted by atomic mass is 32.1. The van der Waals surface area contributed by atoms with Gasteiger partial charge in [-0.05, 0) is 52.1 Å². The molecular weight excluding hydrogens is 412 g/mol. The molecule has 4 atom stereocenters. The van der Waals surface area contributed by atoms with Gasteiger partial charge in [0.25, 0.3) is 0 Å². The van der Waals surface area contributed by atoms with Gasteiger partial charge in [0.05, 0.1) is 6.04 Å². The van der Waals surface area contributed by atoms with E-state index in [9.17, 15) is 24.3 Å². The molecular formula is C18H36N6O5S. The first-order chi connectivity index (χ1) is 14.2. The van der Waals surface area contributed by atoms with Crippen molar-refractivity contribution in [2.45, 2.75) is 69.6 Å². The summed E-state index contributed by atoms with van der Waals surface area (Å²) in [5.41, 5.74) is 16.6. The number of rotatable bonds is 16.